The Balaban J connectivity index is 1.79. The van der Waals surface area contributed by atoms with Crippen molar-refractivity contribution in [1.29, 1.82) is 0 Å². The number of nitrogens with zero attached hydrogens (tertiary/aromatic N) is 2. The van der Waals surface area contributed by atoms with Crippen LogP contribution >= 0.6 is 0 Å². The fourth-order valence-corrected chi connectivity index (χ4v) is 3.47. The van der Waals surface area contributed by atoms with Crippen molar-refractivity contribution in [3.05, 3.63) is 93.8 Å². The lowest BCUT2D eigenvalue weighted by atomic mass is 10.0. The minimum Gasteiger partial charge on any atom is -0.502 e. The molecule has 0 aliphatic heterocycles. The number of rotatable bonds is 6. The smallest absolute Gasteiger partial charge is 0.226 e. The molecule has 0 radical (unpaired) electrons. The Morgan fingerprint density at radius 2 is 1.62 bits per heavy atom. The van der Waals surface area contributed by atoms with Crippen LogP contribution in [-0.2, 0) is 23.1 Å². The lowest BCUT2D eigenvalue weighted by Crippen LogP contribution is -2.29. The van der Waals surface area contributed by atoms with Crippen molar-refractivity contribution in [2.24, 2.45) is 0 Å². The maximum Gasteiger partial charge on any atom is 0.226 e. The molecule has 0 amide bonds. The van der Waals surface area contributed by atoms with Crippen LogP contribution in [0.4, 0.5) is 5.69 Å². The molecule has 1 heterocycles. The van der Waals surface area contributed by atoms with Crippen molar-refractivity contribution in [1.82, 2.24) is 4.31 Å². The minimum atomic E-state index is -3.57. The van der Waals surface area contributed by atoms with E-state index < -0.39 is 21.2 Å². The van der Waals surface area contributed by atoms with E-state index in [0.717, 1.165) is 35.3 Å². The number of benzene rings is 2. The number of sulfonamides is 1. The second-order valence-corrected chi connectivity index (χ2v) is 8.46. The molecule has 148 valence electrons. The molecule has 1 aromatic heterocycles. The van der Waals surface area contributed by atoms with Crippen molar-refractivity contribution in [3.63, 3.8) is 0 Å². The zero-order valence-electron chi connectivity index (χ0n) is 15.6. The normalized spacial score (nSPS) is 11.3. The van der Waals surface area contributed by atoms with Gasteiger partial charge in [0.05, 0.1) is 19.4 Å². The van der Waals surface area contributed by atoms with E-state index in [1.807, 2.05) is 36.4 Å². The van der Waals surface area contributed by atoms with Gasteiger partial charge >= 0.3 is 0 Å². The first kappa shape index (κ1) is 20.3. The maximum absolute atomic E-state index is 12.2. The third kappa shape index (κ3) is 5.10. The fraction of sp³-hybridized carbons (Fsp3) is 0.143. The van der Waals surface area contributed by atoms with Crippen LogP contribution in [0.15, 0.2) is 70.1 Å². The summed E-state index contributed by atoms with van der Waals surface area (Å²) in [6, 6.07) is 15.7. The first-order chi connectivity index (χ1) is 13.8. The predicted octanol–water partition coefficient (Wildman–Crippen LogP) is 3.52. The van der Waals surface area contributed by atoms with Gasteiger partial charge in [-0.1, -0.05) is 48.5 Å². The molecule has 0 spiro atoms. The average molecular weight is 410 g/mol. The van der Waals surface area contributed by atoms with E-state index in [4.69, 9.17) is 11.0 Å². The molecule has 29 heavy (non-hydrogen) atoms. The van der Waals surface area contributed by atoms with Gasteiger partial charge in [0.2, 0.25) is 15.5 Å². The monoisotopic (exact) mass is 410 g/mol. The molecule has 8 heteroatoms. The lowest BCUT2D eigenvalue weighted by Gasteiger charge is -2.19. The Morgan fingerprint density at radius 3 is 2.14 bits per heavy atom. The minimum absolute atomic E-state index is 0.0976. The summed E-state index contributed by atoms with van der Waals surface area (Å²) in [5, 5.41) is 9.27. The molecule has 7 nitrogen and oxygen atoms in total. The molecule has 3 aromatic rings. The SMILES string of the molecule is [C-]#[N+]c1ccc(-c2ccc(CN(Cc3cc(=O)c(O)co3)S(C)(=O)=O)cc2)cc1. The summed E-state index contributed by atoms with van der Waals surface area (Å²) < 4.78 is 30.7. The fourth-order valence-electron chi connectivity index (χ4n) is 2.73. The van der Waals surface area contributed by atoms with Gasteiger partial charge in [-0.15, -0.1) is 0 Å². The molecule has 3 rings (SSSR count). The van der Waals surface area contributed by atoms with Gasteiger partial charge < -0.3 is 9.52 Å². The molecule has 0 atom stereocenters. The van der Waals surface area contributed by atoms with Crippen LogP contribution in [0.5, 0.6) is 5.75 Å². The Kier molecular flexibility index (Phi) is 5.82. The molecule has 0 saturated carbocycles. The van der Waals surface area contributed by atoms with Gasteiger partial charge in [0.15, 0.2) is 11.4 Å². The Hall–Kier alpha value is -3.41. The molecule has 0 unspecified atom stereocenters. The van der Waals surface area contributed by atoms with Crippen LogP contribution in [0, 0.1) is 6.57 Å². The third-order valence-corrected chi connectivity index (χ3v) is 5.51. The largest absolute Gasteiger partial charge is 0.502 e. The molecule has 0 bridgehead atoms. The summed E-state index contributed by atoms with van der Waals surface area (Å²) in [5.74, 6) is -0.394. The maximum atomic E-state index is 12.2. The van der Waals surface area contributed by atoms with E-state index in [9.17, 15) is 18.3 Å². The van der Waals surface area contributed by atoms with Crippen molar-refractivity contribution in [2.75, 3.05) is 6.26 Å². The quantitative estimate of drug-likeness (QED) is 0.628. The van der Waals surface area contributed by atoms with Crippen LogP contribution in [0.2, 0.25) is 0 Å². The van der Waals surface area contributed by atoms with Crippen molar-refractivity contribution < 1.29 is 17.9 Å². The second-order valence-electron chi connectivity index (χ2n) is 6.48. The summed E-state index contributed by atoms with van der Waals surface area (Å²) >= 11 is 0. The number of hydrogen-bond acceptors (Lipinski definition) is 5. The highest BCUT2D eigenvalue weighted by molar-refractivity contribution is 7.88. The van der Waals surface area contributed by atoms with E-state index in [2.05, 4.69) is 4.85 Å². The van der Waals surface area contributed by atoms with Crippen LogP contribution < -0.4 is 5.43 Å². The highest BCUT2D eigenvalue weighted by Gasteiger charge is 2.19. The standard InChI is InChI=1S/C21H18N2O5S/c1-22-18-9-7-17(8-10-18)16-5-3-15(4-6-16)12-23(29(2,26)27)13-19-11-20(24)21(25)14-28-19/h3-11,14,25H,12-13H2,2H3. The van der Waals surface area contributed by atoms with Gasteiger partial charge in [-0.05, 0) is 16.7 Å². The predicted molar refractivity (Wildman–Crippen MR) is 109 cm³/mol. The van der Waals surface area contributed by atoms with Gasteiger partial charge in [-0.25, -0.2) is 13.3 Å². The number of hydrogen-bond donors (Lipinski definition) is 1. The highest BCUT2D eigenvalue weighted by atomic mass is 32.2. The molecular formula is C21H18N2O5S. The third-order valence-electron chi connectivity index (χ3n) is 4.31. The van der Waals surface area contributed by atoms with Gasteiger partial charge in [0.25, 0.3) is 0 Å². The van der Waals surface area contributed by atoms with Crippen LogP contribution in [-0.4, -0.2) is 24.1 Å². The molecular weight excluding hydrogens is 392 g/mol. The molecule has 0 fully saturated rings. The summed E-state index contributed by atoms with van der Waals surface area (Å²) in [7, 11) is -3.57. The van der Waals surface area contributed by atoms with E-state index >= 15 is 0 Å². The summed E-state index contributed by atoms with van der Waals surface area (Å²) in [6.45, 7) is 6.97. The Bertz CT molecular complexity index is 1210. The van der Waals surface area contributed by atoms with E-state index in [0.29, 0.717) is 5.69 Å². The average Bonchev–Trinajstić information content (AvgIpc) is 2.70. The second kappa shape index (κ2) is 8.31. The molecule has 0 saturated heterocycles. The Morgan fingerprint density at radius 1 is 1.03 bits per heavy atom. The van der Waals surface area contributed by atoms with Crippen LogP contribution in [0.3, 0.4) is 0 Å². The molecule has 0 aliphatic carbocycles. The lowest BCUT2D eigenvalue weighted by molar-refractivity contribution is 0.345. The van der Waals surface area contributed by atoms with Crippen molar-refractivity contribution >= 4 is 15.7 Å². The van der Waals surface area contributed by atoms with E-state index in [1.54, 1.807) is 12.1 Å². The van der Waals surface area contributed by atoms with Crippen molar-refractivity contribution in [3.8, 4) is 16.9 Å². The Labute approximate surface area is 168 Å². The zero-order chi connectivity index (χ0) is 21.0. The van der Waals surface area contributed by atoms with E-state index in [-0.39, 0.29) is 18.8 Å². The topological polar surface area (TPSA) is 92.2 Å². The summed E-state index contributed by atoms with van der Waals surface area (Å²) in [4.78, 5) is 14.9. The molecule has 2 aromatic carbocycles. The van der Waals surface area contributed by atoms with Crippen molar-refractivity contribution in [2.45, 2.75) is 13.1 Å². The summed E-state index contributed by atoms with van der Waals surface area (Å²) in [5.41, 5.74) is 2.59. The zero-order valence-corrected chi connectivity index (χ0v) is 16.4. The highest BCUT2D eigenvalue weighted by Crippen LogP contribution is 2.24. The molecule has 0 aliphatic rings. The van der Waals surface area contributed by atoms with Gasteiger partial charge in [0, 0.05) is 12.6 Å². The number of aromatic hydroxyl groups is 1. The first-order valence-corrected chi connectivity index (χ1v) is 10.4. The van der Waals surface area contributed by atoms with Gasteiger partial charge in [-0.2, -0.15) is 4.31 Å². The van der Waals surface area contributed by atoms with Gasteiger partial charge in [0.1, 0.15) is 12.0 Å². The first-order valence-electron chi connectivity index (χ1n) is 8.59. The molecule has 1 N–H and O–H groups in total. The van der Waals surface area contributed by atoms with Crippen LogP contribution in [0.25, 0.3) is 16.0 Å². The van der Waals surface area contributed by atoms with Crippen LogP contribution in [0.1, 0.15) is 11.3 Å². The van der Waals surface area contributed by atoms with Gasteiger partial charge in [-0.3, -0.25) is 4.79 Å². The summed E-state index contributed by atoms with van der Waals surface area (Å²) in [6.07, 6.45) is 1.98. The van der Waals surface area contributed by atoms with E-state index in [1.165, 1.54) is 4.31 Å².